The summed E-state index contributed by atoms with van der Waals surface area (Å²) in [7, 11) is 0. The van der Waals surface area contributed by atoms with Gasteiger partial charge < -0.3 is 10.0 Å². The van der Waals surface area contributed by atoms with Crippen molar-refractivity contribution in [2.75, 3.05) is 11.7 Å². The number of fused-ring (bicyclic) bond motifs is 1. The van der Waals surface area contributed by atoms with Gasteiger partial charge in [0.25, 0.3) is 5.91 Å². The van der Waals surface area contributed by atoms with Crippen LogP contribution in [0.5, 0.6) is 5.75 Å². The second kappa shape index (κ2) is 8.47. The van der Waals surface area contributed by atoms with Gasteiger partial charge in [0.2, 0.25) is 5.43 Å². The van der Waals surface area contributed by atoms with Gasteiger partial charge in [-0.1, -0.05) is 24.3 Å². The van der Waals surface area contributed by atoms with Crippen LogP contribution in [0.3, 0.4) is 0 Å². The fourth-order valence-electron chi connectivity index (χ4n) is 3.86. The smallest absolute Gasteiger partial charge is 0.408 e. The van der Waals surface area contributed by atoms with E-state index in [1.54, 1.807) is 0 Å². The van der Waals surface area contributed by atoms with Gasteiger partial charge >= 0.3 is 6.18 Å². The Morgan fingerprint density at radius 3 is 1.85 bits per heavy atom. The van der Waals surface area contributed by atoms with Crippen LogP contribution in [-0.4, -0.2) is 39.5 Å². The molecule has 6 nitrogen and oxygen atoms in total. The zero-order chi connectivity index (χ0) is 24.8. The van der Waals surface area contributed by atoms with Gasteiger partial charge in [0.1, 0.15) is 24.3 Å². The van der Waals surface area contributed by atoms with Gasteiger partial charge in [-0.25, -0.2) is 8.78 Å². The molecule has 1 amide bonds. The van der Waals surface area contributed by atoms with Crippen molar-refractivity contribution in [3.8, 4) is 5.75 Å². The van der Waals surface area contributed by atoms with Crippen molar-refractivity contribution in [1.29, 1.82) is 0 Å². The SMILES string of the molecule is C[C@@H](N1CN(C(c2ccc(F)cc2)c2ccc(F)cc2)n2ccc(=O)c(O)c2C1=O)C(F)(F)F. The first-order chi connectivity index (χ1) is 16.0. The lowest BCUT2D eigenvalue weighted by atomic mass is 9.97. The fourth-order valence-corrected chi connectivity index (χ4v) is 3.86. The zero-order valence-corrected chi connectivity index (χ0v) is 17.6. The van der Waals surface area contributed by atoms with E-state index in [0.717, 1.165) is 48.1 Å². The lowest BCUT2D eigenvalue weighted by Crippen LogP contribution is -2.60. The van der Waals surface area contributed by atoms with Crippen molar-refractivity contribution < 1.29 is 31.9 Å². The summed E-state index contributed by atoms with van der Waals surface area (Å²) in [6.07, 6.45) is -3.64. The maximum absolute atomic E-state index is 13.6. The van der Waals surface area contributed by atoms with E-state index in [-0.39, 0.29) is 0 Å². The summed E-state index contributed by atoms with van der Waals surface area (Å²) in [6.45, 7) is 0.183. The summed E-state index contributed by atoms with van der Waals surface area (Å²) in [4.78, 5) is 25.5. The molecule has 34 heavy (non-hydrogen) atoms. The summed E-state index contributed by atoms with van der Waals surface area (Å²) in [5.41, 5.74) is -0.775. The van der Waals surface area contributed by atoms with Crippen molar-refractivity contribution in [1.82, 2.24) is 9.58 Å². The van der Waals surface area contributed by atoms with E-state index in [4.69, 9.17) is 0 Å². The number of pyridine rings is 1. The lowest BCUT2D eigenvalue weighted by Gasteiger charge is -2.45. The number of alkyl halides is 3. The van der Waals surface area contributed by atoms with Crippen molar-refractivity contribution in [3.63, 3.8) is 0 Å². The summed E-state index contributed by atoms with van der Waals surface area (Å²) < 4.78 is 69.1. The molecule has 0 saturated carbocycles. The number of nitrogens with zero attached hydrogens (tertiary/aromatic N) is 3. The molecule has 2 aromatic carbocycles. The average molecular weight is 479 g/mol. The predicted octanol–water partition coefficient (Wildman–Crippen LogP) is 3.92. The monoisotopic (exact) mass is 479 g/mol. The molecule has 1 aliphatic heterocycles. The average Bonchev–Trinajstić information content (AvgIpc) is 2.79. The number of halogens is 5. The molecule has 0 fully saturated rings. The van der Waals surface area contributed by atoms with Gasteiger partial charge in [-0.15, -0.1) is 0 Å². The van der Waals surface area contributed by atoms with Crippen molar-refractivity contribution in [2.24, 2.45) is 0 Å². The molecule has 11 heteroatoms. The third-order valence-corrected chi connectivity index (χ3v) is 5.70. The molecule has 0 aliphatic carbocycles. The van der Waals surface area contributed by atoms with E-state index in [1.165, 1.54) is 29.3 Å². The number of amides is 1. The van der Waals surface area contributed by atoms with Gasteiger partial charge in [0, 0.05) is 12.3 Å². The van der Waals surface area contributed by atoms with Crippen LogP contribution in [-0.2, 0) is 0 Å². The third kappa shape index (κ3) is 4.09. The Kier molecular flexibility index (Phi) is 5.80. The molecule has 1 atom stereocenters. The standard InChI is InChI=1S/C23H18F5N3O3/c1-13(23(26,27)28)29-12-31(30-11-10-18(32)21(33)20(30)22(29)34)19(14-2-6-16(24)7-3-14)15-4-8-17(25)9-5-15/h2-11,13,19,33H,12H2,1H3/t13-/m1/s1. The highest BCUT2D eigenvalue weighted by Crippen LogP contribution is 2.35. The predicted molar refractivity (Wildman–Crippen MR) is 112 cm³/mol. The Labute approximate surface area is 190 Å². The number of rotatable bonds is 4. The highest BCUT2D eigenvalue weighted by Gasteiger charge is 2.47. The number of hydrogen-bond acceptors (Lipinski definition) is 4. The highest BCUT2D eigenvalue weighted by atomic mass is 19.4. The molecule has 0 bridgehead atoms. The summed E-state index contributed by atoms with van der Waals surface area (Å²) in [5, 5.41) is 11.6. The molecule has 0 spiro atoms. The maximum Gasteiger partial charge on any atom is 0.408 e. The van der Waals surface area contributed by atoms with Crippen LogP contribution in [0.1, 0.15) is 34.6 Å². The van der Waals surface area contributed by atoms with Crippen LogP contribution in [0.15, 0.2) is 65.6 Å². The van der Waals surface area contributed by atoms with E-state index in [0.29, 0.717) is 16.0 Å². The minimum absolute atomic E-state index is 0.408. The largest absolute Gasteiger partial charge is 0.502 e. The Bertz CT molecular complexity index is 1230. The van der Waals surface area contributed by atoms with E-state index in [1.807, 2.05) is 0 Å². The molecule has 1 N–H and O–H groups in total. The number of aromatic nitrogens is 1. The van der Waals surface area contributed by atoms with Crippen molar-refractivity contribution >= 4 is 5.91 Å². The molecule has 1 aromatic heterocycles. The van der Waals surface area contributed by atoms with E-state index in [2.05, 4.69) is 0 Å². The molecule has 3 aromatic rings. The summed E-state index contributed by atoms with van der Waals surface area (Å²) in [5.74, 6) is -3.30. The number of carbonyl (C=O) groups is 1. The molecular formula is C23H18F5N3O3. The summed E-state index contributed by atoms with van der Waals surface area (Å²) in [6, 6.07) is 7.99. The normalized spacial score (nSPS) is 15.0. The van der Waals surface area contributed by atoms with E-state index >= 15 is 0 Å². The topological polar surface area (TPSA) is 65.8 Å². The zero-order valence-electron chi connectivity index (χ0n) is 17.6. The Balaban J connectivity index is 1.96. The lowest BCUT2D eigenvalue weighted by molar-refractivity contribution is -0.173. The van der Waals surface area contributed by atoms with Crippen LogP contribution in [0.25, 0.3) is 0 Å². The highest BCUT2D eigenvalue weighted by molar-refractivity contribution is 5.96. The van der Waals surface area contributed by atoms with Gasteiger partial charge in [0.05, 0.1) is 6.04 Å². The first-order valence-corrected chi connectivity index (χ1v) is 10.1. The number of aromatic hydroxyl groups is 1. The molecule has 0 saturated heterocycles. The van der Waals surface area contributed by atoms with Gasteiger partial charge in [-0.3, -0.25) is 19.3 Å². The number of benzene rings is 2. The maximum atomic E-state index is 13.6. The van der Waals surface area contributed by atoms with Gasteiger partial charge in [-0.2, -0.15) is 13.2 Å². The van der Waals surface area contributed by atoms with Crippen molar-refractivity contribution in [3.05, 3.63) is 99.5 Å². The van der Waals surface area contributed by atoms with Crippen LogP contribution in [0.2, 0.25) is 0 Å². The van der Waals surface area contributed by atoms with Gasteiger partial charge in [0.15, 0.2) is 11.4 Å². The minimum Gasteiger partial charge on any atom is -0.502 e. The van der Waals surface area contributed by atoms with Gasteiger partial charge in [-0.05, 0) is 42.3 Å². The molecular weight excluding hydrogens is 461 g/mol. The first kappa shape index (κ1) is 23.3. The summed E-state index contributed by atoms with van der Waals surface area (Å²) >= 11 is 0. The second-order valence-electron chi connectivity index (χ2n) is 7.80. The molecule has 1 aliphatic rings. The van der Waals surface area contributed by atoms with Crippen LogP contribution < -0.4 is 10.4 Å². The Morgan fingerprint density at radius 1 is 0.882 bits per heavy atom. The van der Waals surface area contributed by atoms with Crippen molar-refractivity contribution in [2.45, 2.75) is 25.2 Å². The molecule has 178 valence electrons. The number of hydrogen-bond donors (Lipinski definition) is 1. The quantitative estimate of drug-likeness (QED) is 0.577. The van der Waals surface area contributed by atoms with Crippen LogP contribution in [0.4, 0.5) is 22.0 Å². The molecule has 0 unspecified atom stereocenters. The third-order valence-electron chi connectivity index (χ3n) is 5.70. The second-order valence-corrected chi connectivity index (χ2v) is 7.80. The van der Waals surface area contributed by atoms with E-state index < -0.39 is 59.3 Å². The molecule has 4 rings (SSSR count). The van der Waals surface area contributed by atoms with Crippen LogP contribution in [0, 0.1) is 11.6 Å². The Morgan fingerprint density at radius 2 is 1.38 bits per heavy atom. The first-order valence-electron chi connectivity index (χ1n) is 10.1. The fraction of sp³-hybridized carbons (Fsp3) is 0.217. The Hall–Kier alpha value is -3.89. The molecule has 0 radical (unpaired) electrons. The number of carbonyl (C=O) groups excluding carboxylic acids is 1. The molecule has 2 heterocycles. The van der Waals surface area contributed by atoms with Crippen LogP contribution >= 0.6 is 0 Å². The minimum atomic E-state index is -4.80. The van der Waals surface area contributed by atoms with E-state index in [9.17, 15) is 36.6 Å².